The number of hydrogen-bond donors (Lipinski definition) is 3. The third kappa shape index (κ3) is 4.35. The van der Waals surface area contributed by atoms with Crippen molar-refractivity contribution in [3.05, 3.63) is 30.3 Å². The molecular formula is C15H20N2O3. The molecule has 0 saturated heterocycles. The average Bonchev–Trinajstić information content (AvgIpc) is 2.92. The smallest absolute Gasteiger partial charge is 0.321 e. The molecule has 1 atom stereocenters. The van der Waals surface area contributed by atoms with E-state index >= 15 is 0 Å². The summed E-state index contributed by atoms with van der Waals surface area (Å²) in [6, 6.07) is 8.46. The number of carbonyl (C=O) groups excluding carboxylic acids is 1. The molecule has 20 heavy (non-hydrogen) atoms. The number of rotatable bonds is 6. The highest BCUT2D eigenvalue weighted by Crippen LogP contribution is 2.18. The number of nitrogens with one attached hydrogen (secondary N) is 2. The summed E-state index contributed by atoms with van der Waals surface area (Å²) in [4.78, 5) is 23.1. The minimum absolute atomic E-state index is 0.0548. The number of carboxylic acids is 1. The molecule has 0 aliphatic heterocycles. The zero-order valence-corrected chi connectivity index (χ0v) is 11.3. The minimum Gasteiger partial charge on any atom is -0.480 e. The van der Waals surface area contributed by atoms with Crippen LogP contribution in [0.25, 0.3) is 0 Å². The summed E-state index contributed by atoms with van der Waals surface area (Å²) >= 11 is 0. The Morgan fingerprint density at radius 1 is 1.20 bits per heavy atom. The fraction of sp³-hybridized carbons (Fsp3) is 0.467. The van der Waals surface area contributed by atoms with Gasteiger partial charge in [0.1, 0.15) is 6.04 Å². The Kier molecular flexibility index (Phi) is 5.12. The van der Waals surface area contributed by atoms with Gasteiger partial charge in [-0.05, 0) is 25.0 Å². The summed E-state index contributed by atoms with van der Waals surface area (Å²) in [7, 11) is 0. The van der Waals surface area contributed by atoms with Crippen LogP contribution in [0.2, 0.25) is 0 Å². The summed E-state index contributed by atoms with van der Waals surface area (Å²) < 4.78 is 0. The quantitative estimate of drug-likeness (QED) is 0.742. The van der Waals surface area contributed by atoms with Crippen LogP contribution in [0.5, 0.6) is 0 Å². The van der Waals surface area contributed by atoms with Crippen molar-refractivity contribution in [2.45, 2.75) is 44.2 Å². The van der Waals surface area contributed by atoms with Crippen molar-refractivity contribution in [3.8, 4) is 0 Å². The van der Waals surface area contributed by atoms with Crippen LogP contribution in [-0.4, -0.2) is 29.1 Å². The van der Waals surface area contributed by atoms with Crippen LogP contribution < -0.4 is 10.6 Å². The molecule has 2 rings (SSSR count). The van der Waals surface area contributed by atoms with Crippen molar-refractivity contribution in [1.82, 2.24) is 5.32 Å². The van der Waals surface area contributed by atoms with Crippen LogP contribution in [0, 0.1) is 0 Å². The van der Waals surface area contributed by atoms with E-state index in [-0.39, 0.29) is 18.4 Å². The maximum Gasteiger partial charge on any atom is 0.321 e. The molecule has 0 bridgehead atoms. The molecule has 0 heterocycles. The van der Waals surface area contributed by atoms with Gasteiger partial charge in [0.05, 0.1) is 6.42 Å². The molecule has 1 amide bonds. The summed E-state index contributed by atoms with van der Waals surface area (Å²) in [5.74, 6) is -1.26. The van der Waals surface area contributed by atoms with Crippen molar-refractivity contribution in [3.63, 3.8) is 0 Å². The van der Waals surface area contributed by atoms with E-state index in [1.807, 2.05) is 18.2 Å². The van der Waals surface area contributed by atoms with Gasteiger partial charge in [-0.1, -0.05) is 31.0 Å². The molecular weight excluding hydrogens is 256 g/mol. The third-order valence-electron chi connectivity index (χ3n) is 3.54. The van der Waals surface area contributed by atoms with Crippen molar-refractivity contribution in [2.75, 3.05) is 5.32 Å². The van der Waals surface area contributed by atoms with Crippen LogP contribution >= 0.6 is 0 Å². The van der Waals surface area contributed by atoms with Gasteiger partial charge in [-0.2, -0.15) is 0 Å². The van der Waals surface area contributed by atoms with Crippen molar-refractivity contribution >= 4 is 17.6 Å². The molecule has 3 N–H and O–H groups in total. The molecule has 5 heteroatoms. The van der Waals surface area contributed by atoms with Gasteiger partial charge in [0.25, 0.3) is 0 Å². The lowest BCUT2D eigenvalue weighted by atomic mass is 10.1. The number of carbonyl (C=O) groups is 2. The van der Waals surface area contributed by atoms with Crippen molar-refractivity contribution in [1.29, 1.82) is 0 Å². The Hall–Kier alpha value is -1.88. The largest absolute Gasteiger partial charge is 0.480 e. The maximum atomic E-state index is 11.9. The van der Waals surface area contributed by atoms with Gasteiger partial charge in [0.15, 0.2) is 0 Å². The lowest BCUT2D eigenvalue weighted by molar-refractivity contribution is -0.141. The van der Waals surface area contributed by atoms with E-state index in [0.29, 0.717) is 5.69 Å². The van der Waals surface area contributed by atoms with Gasteiger partial charge < -0.3 is 15.7 Å². The van der Waals surface area contributed by atoms with Gasteiger partial charge in [0, 0.05) is 11.7 Å². The monoisotopic (exact) mass is 276 g/mol. The molecule has 1 aromatic rings. The molecule has 1 unspecified atom stereocenters. The second-order valence-electron chi connectivity index (χ2n) is 5.16. The molecule has 5 nitrogen and oxygen atoms in total. The predicted octanol–water partition coefficient (Wildman–Crippen LogP) is 2.00. The van der Waals surface area contributed by atoms with E-state index in [1.165, 1.54) is 0 Å². The fourth-order valence-electron chi connectivity index (χ4n) is 2.51. The summed E-state index contributed by atoms with van der Waals surface area (Å²) in [6.07, 6.45) is 4.18. The predicted molar refractivity (Wildman–Crippen MR) is 76.5 cm³/mol. The summed E-state index contributed by atoms with van der Waals surface area (Å²) in [5.41, 5.74) is 0.683. The lowest BCUT2D eigenvalue weighted by Gasteiger charge is -2.19. The molecule has 1 aromatic carbocycles. The number of hydrogen-bond acceptors (Lipinski definition) is 3. The highest BCUT2D eigenvalue weighted by molar-refractivity contribution is 5.94. The average molecular weight is 276 g/mol. The summed E-state index contributed by atoms with van der Waals surface area (Å²) in [6.45, 7) is 0. The van der Waals surface area contributed by atoms with Crippen LogP contribution in [0.15, 0.2) is 30.3 Å². The molecule has 0 radical (unpaired) electrons. The number of amides is 1. The fourth-order valence-corrected chi connectivity index (χ4v) is 2.51. The highest BCUT2D eigenvalue weighted by atomic mass is 16.4. The molecule has 108 valence electrons. The Balaban J connectivity index is 1.87. The van der Waals surface area contributed by atoms with Gasteiger partial charge in [-0.25, -0.2) is 0 Å². The molecule has 1 aliphatic carbocycles. The van der Waals surface area contributed by atoms with Crippen LogP contribution in [0.1, 0.15) is 32.1 Å². The van der Waals surface area contributed by atoms with E-state index < -0.39 is 12.0 Å². The minimum atomic E-state index is -0.972. The Labute approximate surface area is 118 Å². The third-order valence-corrected chi connectivity index (χ3v) is 3.54. The number of benzene rings is 1. The molecule has 1 saturated carbocycles. The second-order valence-corrected chi connectivity index (χ2v) is 5.16. The first kappa shape index (κ1) is 14.5. The first-order valence-electron chi connectivity index (χ1n) is 6.99. The van der Waals surface area contributed by atoms with Gasteiger partial charge in [0.2, 0.25) is 5.91 Å². The zero-order chi connectivity index (χ0) is 14.4. The number of anilines is 1. The summed E-state index contributed by atoms with van der Waals surface area (Å²) in [5, 5.41) is 15.0. The van der Waals surface area contributed by atoms with E-state index in [0.717, 1.165) is 25.7 Å². The van der Waals surface area contributed by atoms with Gasteiger partial charge >= 0.3 is 5.97 Å². The standard InChI is InChI=1S/C15H20N2O3/c18-14(17-12-6-2-1-3-7-12)10-13(15(19)20)16-11-8-4-5-9-11/h1-3,6-7,11,13,16H,4-5,8-10H2,(H,17,18)(H,19,20). The number of para-hydroxylation sites is 1. The van der Waals surface area contributed by atoms with E-state index in [2.05, 4.69) is 10.6 Å². The second kappa shape index (κ2) is 7.05. The molecule has 0 aromatic heterocycles. The van der Waals surface area contributed by atoms with E-state index in [4.69, 9.17) is 0 Å². The number of aliphatic carboxylic acids is 1. The van der Waals surface area contributed by atoms with Crippen molar-refractivity contribution in [2.24, 2.45) is 0 Å². The molecule has 1 aliphatic rings. The van der Waals surface area contributed by atoms with E-state index in [9.17, 15) is 14.7 Å². The normalized spacial score (nSPS) is 16.8. The number of carboxylic acid groups (broad SMARTS) is 1. The SMILES string of the molecule is O=C(CC(NC1CCCC1)C(=O)O)Nc1ccccc1. The first-order valence-corrected chi connectivity index (χ1v) is 6.99. The van der Waals surface area contributed by atoms with Crippen LogP contribution in [0.3, 0.4) is 0 Å². The van der Waals surface area contributed by atoms with Crippen LogP contribution in [0.4, 0.5) is 5.69 Å². The van der Waals surface area contributed by atoms with Gasteiger partial charge in [-0.15, -0.1) is 0 Å². The lowest BCUT2D eigenvalue weighted by Crippen LogP contribution is -2.44. The topological polar surface area (TPSA) is 78.4 Å². The van der Waals surface area contributed by atoms with Crippen molar-refractivity contribution < 1.29 is 14.7 Å². The Morgan fingerprint density at radius 3 is 2.45 bits per heavy atom. The van der Waals surface area contributed by atoms with Crippen LogP contribution in [-0.2, 0) is 9.59 Å². The Bertz CT molecular complexity index is 455. The molecule has 1 fully saturated rings. The zero-order valence-electron chi connectivity index (χ0n) is 11.3. The van der Waals surface area contributed by atoms with E-state index in [1.54, 1.807) is 12.1 Å². The first-order chi connectivity index (χ1) is 9.65. The molecule has 0 spiro atoms. The maximum absolute atomic E-state index is 11.9. The van der Waals surface area contributed by atoms with Gasteiger partial charge in [-0.3, -0.25) is 9.59 Å². The highest BCUT2D eigenvalue weighted by Gasteiger charge is 2.25. The Morgan fingerprint density at radius 2 is 1.85 bits per heavy atom.